The summed E-state index contributed by atoms with van der Waals surface area (Å²) >= 11 is 1.57. The smallest absolute Gasteiger partial charge is 0.265 e. The molecule has 0 atom stereocenters. The predicted octanol–water partition coefficient (Wildman–Crippen LogP) is 5.18. The molecule has 0 saturated heterocycles. The van der Waals surface area contributed by atoms with Crippen molar-refractivity contribution in [2.24, 2.45) is 0 Å². The van der Waals surface area contributed by atoms with Gasteiger partial charge in [0.1, 0.15) is 10.8 Å². The summed E-state index contributed by atoms with van der Waals surface area (Å²) in [6.45, 7) is 3.03. The normalized spacial score (nSPS) is 13.3. The molecule has 28 heavy (non-hydrogen) atoms. The maximum atomic E-state index is 12.4. The molecule has 0 radical (unpaired) electrons. The summed E-state index contributed by atoms with van der Waals surface area (Å²) in [5.41, 5.74) is 3.58. The second kappa shape index (κ2) is 8.52. The minimum Gasteiger partial charge on any atom is -0.482 e. The van der Waals surface area contributed by atoms with Gasteiger partial charge in [-0.25, -0.2) is 4.98 Å². The first kappa shape index (κ1) is 18.6. The van der Waals surface area contributed by atoms with Crippen LogP contribution in [0.5, 0.6) is 5.75 Å². The van der Waals surface area contributed by atoms with Crippen LogP contribution >= 0.6 is 11.3 Å². The fourth-order valence-electron chi connectivity index (χ4n) is 3.32. The quantitative estimate of drug-likeness (QED) is 0.519. The van der Waals surface area contributed by atoms with Crippen molar-refractivity contribution in [2.45, 2.75) is 32.6 Å². The van der Waals surface area contributed by atoms with Crippen LogP contribution in [0, 0.1) is 0 Å². The number of carbonyl (C=O) groups excluding carboxylic acids is 1. The molecule has 0 fully saturated rings. The van der Waals surface area contributed by atoms with Crippen LogP contribution in [0.4, 0.5) is 5.69 Å². The average molecular weight is 394 g/mol. The Balaban J connectivity index is 1.60. The Labute approximate surface area is 169 Å². The molecular weight excluding hydrogens is 370 g/mol. The second-order valence-electron chi connectivity index (χ2n) is 6.83. The van der Waals surface area contributed by atoms with Crippen LogP contribution in [0.3, 0.4) is 0 Å². The SMILES string of the molecule is CCCCCCN1C(=O)COc2ccc(-c3csc(-c4ccccn4)n3)cc21. The maximum absolute atomic E-state index is 12.4. The topological polar surface area (TPSA) is 55.3 Å². The number of unbranched alkanes of at least 4 members (excludes halogenated alkanes) is 3. The number of ether oxygens (including phenoxy) is 1. The highest BCUT2D eigenvalue weighted by atomic mass is 32.1. The van der Waals surface area contributed by atoms with Crippen molar-refractivity contribution in [3.63, 3.8) is 0 Å². The number of hydrogen-bond acceptors (Lipinski definition) is 5. The van der Waals surface area contributed by atoms with E-state index in [-0.39, 0.29) is 12.5 Å². The van der Waals surface area contributed by atoms with Crippen LogP contribution in [0.2, 0.25) is 0 Å². The minimum absolute atomic E-state index is 0.0219. The third-order valence-corrected chi connectivity index (χ3v) is 5.69. The zero-order valence-corrected chi connectivity index (χ0v) is 16.7. The number of rotatable bonds is 7. The first-order valence-electron chi connectivity index (χ1n) is 9.71. The van der Waals surface area contributed by atoms with Gasteiger partial charge in [0, 0.05) is 23.7 Å². The van der Waals surface area contributed by atoms with E-state index in [4.69, 9.17) is 9.72 Å². The van der Waals surface area contributed by atoms with Crippen molar-refractivity contribution in [1.29, 1.82) is 0 Å². The van der Waals surface area contributed by atoms with E-state index in [9.17, 15) is 4.79 Å². The lowest BCUT2D eigenvalue weighted by atomic mass is 10.1. The molecule has 0 unspecified atom stereocenters. The lowest BCUT2D eigenvalue weighted by molar-refractivity contribution is -0.121. The standard InChI is InChI=1S/C22H23N3O2S/c1-2-3-4-7-12-25-19-13-16(9-10-20(19)27-14-21(25)26)18-15-28-22(24-18)17-8-5-6-11-23-17/h5-6,8-11,13,15H,2-4,7,12,14H2,1H3. The van der Waals surface area contributed by atoms with Gasteiger partial charge in [0.25, 0.3) is 5.91 Å². The molecule has 4 rings (SSSR count). The third kappa shape index (κ3) is 3.92. The van der Waals surface area contributed by atoms with Gasteiger partial charge in [-0.05, 0) is 36.8 Å². The number of hydrogen-bond donors (Lipinski definition) is 0. The zero-order chi connectivity index (χ0) is 19.3. The molecule has 2 aromatic heterocycles. The summed E-state index contributed by atoms with van der Waals surface area (Å²) in [6, 6.07) is 11.8. The minimum atomic E-state index is 0.0219. The number of amides is 1. The van der Waals surface area contributed by atoms with E-state index in [1.807, 2.05) is 46.7 Å². The van der Waals surface area contributed by atoms with Gasteiger partial charge in [0.05, 0.1) is 17.1 Å². The van der Waals surface area contributed by atoms with E-state index in [0.717, 1.165) is 52.8 Å². The molecule has 0 spiro atoms. The highest BCUT2D eigenvalue weighted by Gasteiger charge is 2.25. The molecule has 3 heterocycles. The van der Waals surface area contributed by atoms with Gasteiger partial charge in [0.2, 0.25) is 0 Å². The molecule has 1 aliphatic heterocycles. The molecule has 3 aromatic rings. The van der Waals surface area contributed by atoms with Gasteiger partial charge >= 0.3 is 0 Å². The Hall–Kier alpha value is -2.73. The van der Waals surface area contributed by atoms with Gasteiger partial charge in [-0.1, -0.05) is 32.3 Å². The van der Waals surface area contributed by atoms with E-state index in [0.29, 0.717) is 0 Å². The molecule has 0 N–H and O–H groups in total. The van der Waals surface area contributed by atoms with E-state index in [1.165, 1.54) is 12.8 Å². The molecule has 1 aliphatic rings. The highest BCUT2D eigenvalue weighted by Crippen LogP contribution is 2.37. The van der Waals surface area contributed by atoms with Crippen molar-refractivity contribution < 1.29 is 9.53 Å². The number of thiazole rings is 1. The Morgan fingerprint density at radius 1 is 1.14 bits per heavy atom. The Morgan fingerprint density at radius 3 is 2.89 bits per heavy atom. The summed E-state index contributed by atoms with van der Waals surface area (Å²) in [5.74, 6) is 0.785. The van der Waals surface area contributed by atoms with Gasteiger partial charge < -0.3 is 9.64 Å². The molecule has 1 aromatic carbocycles. The van der Waals surface area contributed by atoms with E-state index in [1.54, 1.807) is 17.5 Å². The average Bonchev–Trinajstić information content (AvgIpc) is 3.23. The second-order valence-corrected chi connectivity index (χ2v) is 7.69. The molecule has 144 valence electrons. The van der Waals surface area contributed by atoms with Crippen LogP contribution in [0.1, 0.15) is 32.6 Å². The summed E-state index contributed by atoms with van der Waals surface area (Å²) in [6.07, 6.45) is 6.29. The number of nitrogens with zero attached hydrogens (tertiary/aromatic N) is 3. The van der Waals surface area contributed by atoms with Crippen molar-refractivity contribution in [3.8, 4) is 27.7 Å². The first-order chi connectivity index (χ1) is 13.8. The molecule has 0 aliphatic carbocycles. The Bertz CT molecular complexity index is 955. The predicted molar refractivity (Wildman–Crippen MR) is 113 cm³/mol. The molecule has 1 amide bonds. The molecule has 0 bridgehead atoms. The van der Waals surface area contributed by atoms with Crippen molar-refractivity contribution in [1.82, 2.24) is 9.97 Å². The molecule has 0 saturated carbocycles. The van der Waals surface area contributed by atoms with Gasteiger partial charge in [-0.2, -0.15) is 0 Å². The monoisotopic (exact) mass is 393 g/mol. The van der Waals surface area contributed by atoms with Gasteiger partial charge in [0.15, 0.2) is 6.61 Å². The fourth-order valence-corrected chi connectivity index (χ4v) is 4.12. The van der Waals surface area contributed by atoms with Crippen LogP contribution in [0.15, 0.2) is 48.0 Å². The van der Waals surface area contributed by atoms with E-state index in [2.05, 4.69) is 11.9 Å². The van der Waals surface area contributed by atoms with Crippen LogP contribution < -0.4 is 9.64 Å². The first-order valence-corrected chi connectivity index (χ1v) is 10.6. The van der Waals surface area contributed by atoms with Crippen molar-refractivity contribution in [3.05, 3.63) is 48.0 Å². The van der Waals surface area contributed by atoms with Gasteiger partial charge in [-0.3, -0.25) is 9.78 Å². The number of anilines is 1. The Morgan fingerprint density at radius 2 is 2.07 bits per heavy atom. The highest BCUT2D eigenvalue weighted by molar-refractivity contribution is 7.13. The maximum Gasteiger partial charge on any atom is 0.265 e. The number of benzene rings is 1. The van der Waals surface area contributed by atoms with Crippen molar-refractivity contribution >= 4 is 22.9 Å². The van der Waals surface area contributed by atoms with E-state index >= 15 is 0 Å². The largest absolute Gasteiger partial charge is 0.482 e. The van der Waals surface area contributed by atoms with Crippen LogP contribution in [-0.2, 0) is 4.79 Å². The summed E-state index contributed by atoms with van der Waals surface area (Å²) in [4.78, 5) is 23.4. The number of fused-ring (bicyclic) bond motifs is 1. The number of aromatic nitrogens is 2. The number of carbonyl (C=O) groups is 1. The molecule has 5 nitrogen and oxygen atoms in total. The summed E-state index contributed by atoms with van der Waals surface area (Å²) in [5, 5.41) is 2.92. The Kier molecular flexibility index (Phi) is 5.67. The molecule has 6 heteroatoms. The summed E-state index contributed by atoms with van der Waals surface area (Å²) < 4.78 is 5.64. The van der Waals surface area contributed by atoms with Crippen LogP contribution in [0.25, 0.3) is 22.0 Å². The summed E-state index contributed by atoms with van der Waals surface area (Å²) in [7, 11) is 0. The number of pyridine rings is 1. The van der Waals surface area contributed by atoms with Crippen molar-refractivity contribution in [2.75, 3.05) is 18.1 Å². The lowest BCUT2D eigenvalue weighted by Gasteiger charge is -2.29. The third-order valence-electron chi connectivity index (χ3n) is 4.82. The molecular formula is C22H23N3O2S. The van der Waals surface area contributed by atoms with Gasteiger partial charge in [-0.15, -0.1) is 11.3 Å². The lowest BCUT2D eigenvalue weighted by Crippen LogP contribution is -2.39. The zero-order valence-electron chi connectivity index (χ0n) is 15.9. The van der Waals surface area contributed by atoms with Crippen LogP contribution in [-0.4, -0.2) is 29.0 Å². The van der Waals surface area contributed by atoms with E-state index < -0.39 is 0 Å². The fraction of sp³-hybridized carbons (Fsp3) is 0.318.